The van der Waals surface area contributed by atoms with E-state index in [0.717, 1.165) is 10.6 Å². The van der Waals surface area contributed by atoms with E-state index >= 15 is 0 Å². The number of ether oxygens (including phenoxy) is 3. The van der Waals surface area contributed by atoms with E-state index in [1.54, 1.807) is 26.0 Å². The molecule has 0 aliphatic carbocycles. The number of hydrogen-bond acceptors (Lipinski definition) is 7. The molecule has 3 rings (SSSR count). The smallest absolute Gasteiger partial charge is 0.245 e. The third-order valence-corrected chi connectivity index (χ3v) is 5.53. The monoisotopic (exact) mass is 419 g/mol. The molecule has 1 aliphatic heterocycles. The van der Waals surface area contributed by atoms with Crippen LogP contribution in [0.25, 0.3) is 10.6 Å². The number of nitrogens with one attached hydrogen (secondary N) is 1. The minimum atomic E-state index is -0.579. The van der Waals surface area contributed by atoms with Crippen molar-refractivity contribution >= 4 is 23.2 Å². The number of nitrogens with zero attached hydrogens (tertiary/aromatic N) is 2. The topological polar surface area (TPSA) is 90.0 Å². The fourth-order valence-electron chi connectivity index (χ4n) is 3.07. The van der Waals surface area contributed by atoms with Crippen molar-refractivity contribution in [2.24, 2.45) is 0 Å². The molecule has 1 N–H and O–H groups in total. The first-order valence-corrected chi connectivity index (χ1v) is 10.2. The van der Waals surface area contributed by atoms with E-state index in [-0.39, 0.29) is 18.2 Å². The van der Waals surface area contributed by atoms with Crippen molar-refractivity contribution in [3.8, 4) is 22.1 Å². The van der Waals surface area contributed by atoms with Gasteiger partial charge in [0.1, 0.15) is 11.0 Å². The lowest BCUT2D eigenvalue weighted by Crippen LogP contribution is -2.50. The number of carbonyl (C=O) groups is 2. The molecule has 0 saturated carbocycles. The van der Waals surface area contributed by atoms with E-state index in [9.17, 15) is 9.59 Å². The minimum absolute atomic E-state index is 0.0917. The second-order valence-corrected chi connectivity index (χ2v) is 7.48. The summed E-state index contributed by atoms with van der Waals surface area (Å²) in [5.41, 5.74) is 1.54. The molecular formula is C20H25N3O5S. The fraction of sp³-hybridized carbons (Fsp3) is 0.450. The second-order valence-electron chi connectivity index (χ2n) is 6.62. The number of hydrogen-bond donors (Lipinski definition) is 1. The third-order valence-electron chi connectivity index (χ3n) is 4.59. The molecule has 2 heterocycles. The van der Waals surface area contributed by atoms with Gasteiger partial charge in [0.15, 0.2) is 11.5 Å². The molecule has 1 aromatic carbocycles. The lowest BCUT2D eigenvalue weighted by molar-refractivity contribution is -0.139. The number of rotatable bonds is 7. The summed E-state index contributed by atoms with van der Waals surface area (Å²) in [6.45, 7) is 3.87. The van der Waals surface area contributed by atoms with Crippen LogP contribution in [-0.2, 0) is 20.7 Å². The Morgan fingerprint density at radius 2 is 1.97 bits per heavy atom. The van der Waals surface area contributed by atoms with E-state index < -0.39 is 6.04 Å². The van der Waals surface area contributed by atoms with Crippen molar-refractivity contribution < 1.29 is 23.8 Å². The molecule has 1 unspecified atom stereocenters. The van der Waals surface area contributed by atoms with Gasteiger partial charge in [0.2, 0.25) is 11.8 Å². The molecule has 29 heavy (non-hydrogen) atoms. The zero-order chi connectivity index (χ0) is 20.8. The van der Waals surface area contributed by atoms with Crippen molar-refractivity contribution in [1.82, 2.24) is 15.2 Å². The van der Waals surface area contributed by atoms with Crippen molar-refractivity contribution in [1.29, 1.82) is 0 Å². The Bertz CT molecular complexity index is 864. The van der Waals surface area contributed by atoms with Crippen LogP contribution in [-0.4, -0.2) is 68.3 Å². The van der Waals surface area contributed by atoms with Gasteiger partial charge in [-0.2, -0.15) is 0 Å². The van der Waals surface area contributed by atoms with Crippen LogP contribution in [0.15, 0.2) is 23.6 Å². The van der Waals surface area contributed by atoms with Gasteiger partial charge in [-0.1, -0.05) is 0 Å². The molecule has 1 aliphatic rings. The van der Waals surface area contributed by atoms with Gasteiger partial charge in [0, 0.05) is 24.0 Å². The molecule has 0 bridgehead atoms. The summed E-state index contributed by atoms with van der Waals surface area (Å²) in [4.78, 5) is 31.0. The lowest BCUT2D eigenvalue weighted by atomic mass is 10.2. The van der Waals surface area contributed by atoms with E-state index in [1.165, 1.54) is 11.3 Å². The number of aromatic nitrogens is 1. The summed E-state index contributed by atoms with van der Waals surface area (Å²) < 4.78 is 15.8. The number of thiazole rings is 1. The van der Waals surface area contributed by atoms with E-state index in [2.05, 4.69) is 10.3 Å². The van der Waals surface area contributed by atoms with Crippen molar-refractivity contribution in [3.63, 3.8) is 0 Å². The Morgan fingerprint density at radius 1 is 1.24 bits per heavy atom. The van der Waals surface area contributed by atoms with Crippen molar-refractivity contribution in [3.05, 3.63) is 29.3 Å². The van der Waals surface area contributed by atoms with Gasteiger partial charge in [0.25, 0.3) is 0 Å². The first kappa shape index (κ1) is 21.1. The molecule has 0 radical (unpaired) electrons. The predicted octanol–water partition coefficient (Wildman–Crippen LogP) is 1.73. The van der Waals surface area contributed by atoms with Crippen LogP contribution in [0.1, 0.15) is 12.6 Å². The summed E-state index contributed by atoms with van der Waals surface area (Å²) >= 11 is 1.45. The van der Waals surface area contributed by atoms with E-state index in [4.69, 9.17) is 14.2 Å². The Balaban J connectivity index is 1.59. The Labute approximate surface area is 173 Å². The zero-order valence-corrected chi connectivity index (χ0v) is 17.6. The van der Waals surface area contributed by atoms with Gasteiger partial charge in [-0.15, -0.1) is 11.3 Å². The normalized spacial score (nSPS) is 14.9. The molecule has 156 valence electrons. The molecule has 0 spiro atoms. The highest BCUT2D eigenvalue weighted by atomic mass is 32.1. The Kier molecular flexibility index (Phi) is 7.05. The number of morpholine rings is 1. The van der Waals surface area contributed by atoms with Crippen molar-refractivity contribution in [2.75, 3.05) is 40.5 Å². The van der Waals surface area contributed by atoms with Gasteiger partial charge >= 0.3 is 0 Å². The zero-order valence-electron chi connectivity index (χ0n) is 16.8. The highest BCUT2D eigenvalue weighted by Crippen LogP contribution is 2.33. The fourth-order valence-corrected chi connectivity index (χ4v) is 3.88. The van der Waals surface area contributed by atoms with Crippen LogP contribution in [0.5, 0.6) is 11.5 Å². The van der Waals surface area contributed by atoms with Crippen molar-refractivity contribution in [2.45, 2.75) is 19.4 Å². The summed E-state index contributed by atoms with van der Waals surface area (Å²) in [5.74, 6) is 0.940. The van der Waals surface area contributed by atoms with Gasteiger partial charge in [0.05, 0.1) is 39.5 Å². The first-order valence-electron chi connectivity index (χ1n) is 9.34. The maximum atomic E-state index is 12.4. The molecule has 2 amide bonds. The largest absolute Gasteiger partial charge is 0.493 e. The molecule has 2 aromatic rings. The van der Waals surface area contributed by atoms with Crippen LogP contribution < -0.4 is 14.8 Å². The maximum absolute atomic E-state index is 12.4. The van der Waals surface area contributed by atoms with Gasteiger partial charge < -0.3 is 24.4 Å². The summed E-state index contributed by atoms with van der Waals surface area (Å²) in [7, 11) is 3.17. The standard InChI is InChI=1S/C20H25N3O5S/c1-13(20(25)23-6-8-28-9-7-23)21-18(24)11-15-12-29-19(22-15)14-4-5-16(26-2)17(10-14)27-3/h4-5,10,12-13H,6-9,11H2,1-3H3,(H,21,24). The van der Waals surface area contributed by atoms with Gasteiger partial charge in [-0.25, -0.2) is 4.98 Å². The number of carbonyl (C=O) groups excluding carboxylic acids is 2. The van der Waals surface area contributed by atoms with E-state index in [1.807, 2.05) is 23.6 Å². The lowest BCUT2D eigenvalue weighted by Gasteiger charge is -2.29. The average Bonchev–Trinajstić information content (AvgIpc) is 3.21. The Hall–Kier alpha value is -2.65. The number of methoxy groups -OCH3 is 2. The van der Waals surface area contributed by atoms with Crippen LogP contribution in [0.2, 0.25) is 0 Å². The van der Waals surface area contributed by atoms with Crippen LogP contribution in [0.3, 0.4) is 0 Å². The highest BCUT2D eigenvalue weighted by molar-refractivity contribution is 7.13. The van der Waals surface area contributed by atoms with Crippen LogP contribution in [0, 0.1) is 0 Å². The molecule has 9 heteroatoms. The molecule has 1 saturated heterocycles. The van der Waals surface area contributed by atoms with E-state index in [0.29, 0.717) is 43.5 Å². The quantitative estimate of drug-likeness (QED) is 0.735. The van der Waals surface area contributed by atoms with Crippen LogP contribution >= 0.6 is 11.3 Å². The average molecular weight is 420 g/mol. The highest BCUT2D eigenvalue weighted by Gasteiger charge is 2.24. The number of benzene rings is 1. The summed E-state index contributed by atoms with van der Waals surface area (Å²) in [6, 6.07) is 4.99. The van der Waals surface area contributed by atoms with Gasteiger partial charge in [-0.3, -0.25) is 9.59 Å². The molecule has 1 fully saturated rings. The Morgan fingerprint density at radius 3 is 2.66 bits per heavy atom. The molecule has 1 aromatic heterocycles. The predicted molar refractivity (Wildman–Crippen MR) is 109 cm³/mol. The SMILES string of the molecule is COc1ccc(-c2nc(CC(=O)NC(C)C(=O)N3CCOCC3)cs2)cc1OC. The summed E-state index contributed by atoms with van der Waals surface area (Å²) in [5, 5.41) is 5.40. The number of amides is 2. The first-order chi connectivity index (χ1) is 14.0. The third kappa shape index (κ3) is 5.24. The maximum Gasteiger partial charge on any atom is 0.245 e. The minimum Gasteiger partial charge on any atom is -0.493 e. The van der Waals surface area contributed by atoms with Crippen LogP contribution in [0.4, 0.5) is 0 Å². The van der Waals surface area contributed by atoms with Gasteiger partial charge in [-0.05, 0) is 25.1 Å². The molecular weight excluding hydrogens is 394 g/mol. The molecule has 1 atom stereocenters. The molecule has 8 nitrogen and oxygen atoms in total. The summed E-state index contributed by atoms with van der Waals surface area (Å²) in [6.07, 6.45) is 0.116. The second kappa shape index (κ2) is 9.71.